The van der Waals surface area contributed by atoms with E-state index in [-0.39, 0.29) is 11.4 Å². The van der Waals surface area contributed by atoms with Crippen LogP contribution >= 0.6 is 0 Å². The molecule has 0 spiro atoms. The van der Waals surface area contributed by atoms with Crippen LogP contribution in [0.15, 0.2) is 71.1 Å². The van der Waals surface area contributed by atoms with Gasteiger partial charge in [-0.2, -0.15) is 0 Å². The predicted molar refractivity (Wildman–Crippen MR) is 105 cm³/mol. The number of anilines is 1. The van der Waals surface area contributed by atoms with Crippen LogP contribution in [0.25, 0.3) is 22.4 Å². The Hall–Kier alpha value is -4.00. The molecule has 0 aliphatic carbocycles. The molecule has 1 amide bonds. The summed E-state index contributed by atoms with van der Waals surface area (Å²) >= 11 is 0. The van der Waals surface area contributed by atoms with Gasteiger partial charge in [-0.1, -0.05) is 30.3 Å². The van der Waals surface area contributed by atoms with E-state index < -0.39 is 10.8 Å². The third kappa shape index (κ3) is 3.21. The van der Waals surface area contributed by atoms with Crippen molar-refractivity contribution in [2.45, 2.75) is 6.92 Å². The summed E-state index contributed by atoms with van der Waals surface area (Å²) in [4.78, 5) is 28.3. The quantitative estimate of drug-likeness (QED) is 0.402. The van der Waals surface area contributed by atoms with E-state index in [4.69, 9.17) is 4.42 Å². The number of nitrogens with one attached hydrogen (secondary N) is 1. The number of carbonyl (C=O) groups is 1. The Balaban J connectivity index is 1.81. The van der Waals surface area contributed by atoms with Gasteiger partial charge in [0.15, 0.2) is 5.76 Å². The highest BCUT2D eigenvalue weighted by atomic mass is 16.6. The summed E-state index contributed by atoms with van der Waals surface area (Å²) < 4.78 is 5.64. The fraction of sp³-hybridized carbons (Fsp3) is 0.0476. The molecule has 0 aliphatic heterocycles. The van der Waals surface area contributed by atoms with Crippen LogP contribution in [0.3, 0.4) is 0 Å². The van der Waals surface area contributed by atoms with Gasteiger partial charge < -0.3 is 9.73 Å². The molecule has 0 aliphatic rings. The van der Waals surface area contributed by atoms with Gasteiger partial charge in [0, 0.05) is 11.5 Å². The number of benzene rings is 2. The second kappa shape index (κ2) is 6.96. The number of amides is 1. The highest BCUT2D eigenvalue weighted by Gasteiger charge is 2.19. The van der Waals surface area contributed by atoms with Gasteiger partial charge in [-0.3, -0.25) is 14.9 Å². The zero-order valence-electron chi connectivity index (χ0n) is 14.9. The number of pyridine rings is 1. The predicted octanol–water partition coefficient (Wildman–Crippen LogP) is 4.96. The molecule has 0 radical (unpaired) electrons. The summed E-state index contributed by atoms with van der Waals surface area (Å²) in [7, 11) is 0. The van der Waals surface area contributed by atoms with Crippen molar-refractivity contribution >= 4 is 28.2 Å². The summed E-state index contributed by atoms with van der Waals surface area (Å²) in [5.41, 5.74) is 1.46. The minimum absolute atomic E-state index is 0.133. The fourth-order valence-corrected chi connectivity index (χ4v) is 2.99. The molecule has 1 N–H and O–H groups in total. The van der Waals surface area contributed by atoms with Crippen LogP contribution in [0.1, 0.15) is 16.1 Å². The van der Waals surface area contributed by atoms with Crippen LogP contribution in [0.5, 0.6) is 0 Å². The number of para-hydroxylation sites is 3. The summed E-state index contributed by atoms with van der Waals surface area (Å²) in [6, 6.07) is 18.5. The number of hydrogen-bond donors (Lipinski definition) is 1. The number of aryl methyl sites for hydroxylation is 1. The van der Waals surface area contributed by atoms with E-state index in [9.17, 15) is 14.9 Å². The topological polar surface area (TPSA) is 98.3 Å². The normalized spacial score (nSPS) is 10.8. The van der Waals surface area contributed by atoms with Crippen molar-refractivity contribution in [2.24, 2.45) is 0 Å². The number of hydrogen-bond acceptors (Lipinski definition) is 5. The first-order valence-corrected chi connectivity index (χ1v) is 8.54. The molecule has 2 heterocycles. The average molecular weight is 373 g/mol. The lowest BCUT2D eigenvalue weighted by Crippen LogP contribution is -2.14. The summed E-state index contributed by atoms with van der Waals surface area (Å²) in [5.74, 6) is 0.816. The molecular weight excluding hydrogens is 358 g/mol. The molecule has 2 aromatic heterocycles. The smallest absolute Gasteiger partial charge is 0.292 e. The van der Waals surface area contributed by atoms with Crippen LogP contribution in [0.4, 0.5) is 11.4 Å². The number of aromatic nitrogens is 1. The Kier molecular flexibility index (Phi) is 4.33. The third-order valence-electron chi connectivity index (χ3n) is 4.30. The van der Waals surface area contributed by atoms with Crippen molar-refractivity contribution < 1.29 is 14.1 Å². The Morgan fingerprint density at radius 2 is 1.82 bits per heavy atom. The van der Waals surface area contributed by atoms with Crippen molar-refractivity contribution in [3.63, 3.8) is 0 Å². The van der Waals surface area contributed by atoms with Crippen LogP contribution in [0.2, 0.25) is 0 Å². The van der Waals surface area contributed by atoms with Gasteiger partial charge in [0.2, 0.25) is 0 Å². The van der Waals surface area contributed by atoms with Gasteiger partial charge in [0.1, 0.15) is 17.1 Å². The second-order valence-corrected chi connectivity index (χ2v) is 6.21. The van der Waals surface area contributed by atoms with E-state index in [1.165, 1.54) is 12.1 Å². The van der Waals surface area contributed by atoms with E-state index in [0.717, 1.165) is 5.76 Å². The maximum Gasteiger partial charge on any atom is 0.292 e. The van der Waals surface area contributed by atoms with E-state index in [2.05, 4.69) is 10.3 Å². The molecule has 0 unspecified atom stereocenters. The van der Waals surface area contributed by atoms with Crippen LogP contribution < -0.4 is 5.32 Å². The van der Waals surface area contributed by atoms with Crippen molar-refractivity contribution in [1.29, 1.82) is 0 Å². The van der Waals surface area contributed by atoms with Gasteiger partial charge in [0.25, 0.3) is 11.6 Å². The summed E-state index contributed by atoms with van der Waals surface area (Å²) in [5, 5.41) is 14.5. The van der Waals surface area contributed by atoms with Gasteiger partial charge in [0.05, 0.1) is 16.0 Å². The minimum atomic E-state index is -0.530. The maximum absolute atomic E-state index is 13.0. The largest absolute Gasteiger partial charge is 0.460 e. The van der Waals surface area contributed by atoms with Crippen LogP contribution in [-0.4, -0.2) is 15.8 Å². The van der Waals surface area contributed by atoms with Crippen molar-refractivity contribution in [1.82, 2.24) is 4.98 Å². The fourth-order valence-electron chi connectivity index (χ4n) is 2.99. The molecule has 0 bridgehead atoms. The molecule has 7 heteroatoms. The van der Waals surface area contributed by atoms with Gasteiger partial charge in [-0.25, -0.2) is 4.98 Å². The van der Waals surface area contributed by atoms with Crippen molar-refractivity contribution in [3.05, 3.63) is 88.2 Å². The van der Waals surface area contributed by atoms with Gasteiger partial charge in [-0.05, 0) is 37.3 Å². The van der Waals surface area contributed by atoms with Gasteiger partial charge in [-0.15, -0.1) is 0 Å². The molecule has 0 saturated carbocycles. The molecule has 0 saturated heterocycles. The first kappa shape index (κ1) is 17.4. The Bertz CT molecular complexity index is 1210. The lowest BCUT2D eigenvalue weighted by atomic mass is 10.1. The lowest BCUT2D eigenvalue weighted by Gasteiger charge is -2.10. The average Bonchev–Trinajstić information content (AvgIpc) is 3.13. The molecule has 28 heavy (non-hydrogen) atoms. The zero-order valence-corrected chi connectivity index (χ0v) is 14.9. The SMILES string of the molecule is Cc1ccc(-c2cc(C(=O)Nc3ccccc3[N+](=O)[O-])c3ccccc3n2)o1. The van der Waals surface area contributed by atoms with Crippen molar-refractivity contribution in [3.8, 4) is 11.5 Å². The van der Waals surface area contributed by atoms with Crippen molar-refractivity contribution in [2.75, 3.05) is 5.32 Å². The number of nitrogens with zero attached hydrogens (tertiary/aromatic N) is 2. The molecule has 4 rings (SSSR count). The molecule has 4 aromatic rings. The van der Waals surface area contributed by atoms with E-state index >= 15 is 0 Å². The number of nitro groups is 1. The van der Waals surface area contributed by atoms with Crippen LogP contribution in [-0.2, 0) is 0 Å². The Morgan fingerprint density at radius 1 is 1.07 bits per heavy atom. The molecule has 2 aromatic carbocycles. The van der Waals surface area contributed by atoms with Gasteiger partial charge >= 0.3 is 0 Å². The number of nitro benzene ring substituents is 1. The molecule has 7 nitrogen and oxygen atoms in total. The number of fused-ring (bicyclic) bond motifs is 1. The standard InChI is InChI=1S/C21H15N3O4/c1-13-10-11-20(28-13)18-12-15(14-6-2-3-7-16(14)22-18)21(25)23-17-8-4-5-9-19(17)24(26)27/h2-12H,1H3,(H,23,25). The maximum atomic E-state index is 13.0. The van der Waals surface area contributed by atoms with E-state index in [1.807, 2.05) is 25.1 Å². The second-order valence-electron chi connectivity index (χ2n) is 6.21. The summed E-state index contributed by atoms with van der Waals surface area (Å²) in [6.45, 7) is 1.83. The molecule has 0 fully saturated rings. The van der Waals surface area contributed by atoms with Crippen LogP contribution in [0, 0.1) is 17.0 Å². The third-order valence-corrected chi connectivity index (χ3v) is 4.30. The highest BCUT2D eigenvalue weighted by Crippen LogP contribution is 2.28. The lowest BCUT2D eigenvalue weighted by molar-refractivity contribution is -0.383. The van der Waals surface area contributed by atoms with E-state index in [1.54, 1.807) is 36.4 Å². The Morgan fingerprint density at radius 3 is 2.57 bits per heavy atom. The minimum Gasteiger partial charge on any atom is -0.460 e. The van der Waals surface area contributed by atoms with E-state index in [0.29, 0.717) is 27.9 Å². The monoisotopic (exact) mass is 373 g/mol. The molecular formula is C21H15N3O4. The highest BCUT2D eigenvalue weighted by molar-refractivity contribution is 6.13. The molecule has 138 valence electrons. The first-order valence-electron chi connectivity index (χ1n) is 8.54. The number of furan rings is 1. The first-order chi connectivity index (χ1) is 13.5. The zero-order chi connectivity index (χ0) is 19.7. The Labute approximate surface area is 159 Å². The number of rotatable bonds is 4. The number of carbonyl (C=O) groups excluding carboxylic acids is 1. The molecule has 0 atom stereocenters. The summed E-state index contributed by atoms with van der Waals surface area (Å²) in [6.07, 6.45) is 0.